The van der Waals surface area contributed by atoms with Gasteiger partial charge in [-0.05, 0) is 13.0 Å². The van der Waals surface area contributed by atoms with Crippen LogP contribution in [0.25, 0.3) is 0 Å². The Bertz CT molecular complexity index is 320. The smallest absolute Gasteiger partial charge is 0.246 e. The Balaban J connectivity index is 2.75. The van der Waals surface area contributed by atoms with E-state index in [2.05, 4.69) is 6.58 Å². The van der Waals surface area contributed by atoms with E-state index >= 15 is 0 Å². The number of rotatable bonds is 1. The molecule has 0 aromatic rings. The lowest BCUT2D eigenvalue weighted by Crippen LogP contribution is -2.49. The van der Waals surface area contributed by atoms with Crippen LogP contribution in [0.1, 0.15) is 6.92 Å². The fourth-order valence-corrected chi connectivity index (χ4v) is 3.00. The second-order valence-corrected chi connectivity index (χ2v) is 5.43. The van der Waals surface area contributed by atoms with E-state index in [4.69, 9.17) is 0 Å². The summed E-state index contributed by atoms with van der Waals surface area (Å²) in [6.45, 7) is 5.39. The molecule has 1 heterocycles. The third-order valence-electron chi connectivity index (χ3n) is 2.13. The third-order valence-corrected chi connectivity index (χ3v) is 3.92. The minimum atomic E-state index is -2.93. The van der Waals surface area contributed by atoms with Gasteiger partial charge in [-0.15, -0.1) is 0 Å². The number of carbonyl (C=O) groups is 1. The molecule has 0 aromatic carbocycles. The van der Waals surface area contributed by atoms with E-state index in [1.54, 1.807) is 6.92 Å². The van der Waals surface area contributed by atoms with Crippen molar-refractivity contribution in [2.24, 2.45) is 0 Å². The van der Waals surface area contributed by atoms with Crippen LogP contribution < -0.4 is 0 Å². The van der Waals surface area contributed by atoms with Crippen molar-refractivity contribution in [2.45, 2.75) is 13.0 Å². The number of hydrogen-bond acceptors (Lipinski definition) is 3. The average Bonchev–Trinajstić information content (AvgIpc) is 2.01. The molecule has 5 heteroatoms. The van der Waals surface area contributed by atoms with Crippen molar-refractivity contribution in [3.63, 3.8) is 0 Å². The normalized spacial score (nSPS) is 26.8. The minimum absolute atomic E-state index is 0.0621. The van der Waals surface area contributed by atoms with Gasteiger partial charge in [0.1, 0.15) is 0 Å². The summed E-state index contributed by atoms with van der Waals surface area (Å²) in [6, 6.07) is -0.232. The van der Waals surface area contributed by atoms with Gasteiger partial charge < -0.3 is 4.90 Å². The fraction of sp³-hybridized carbons (Fsp3) is 0.625. The zero-order valence-corrected chi connectivity index (χ0v) is 8.38. The maximum atomic E-state index is 11.2. The molecule has 0 spiro atoms. The second-order valence-electron chi connectivity index (χ2n) is 3.20. The Labute approximate surface area is 78.1 Å². The van der Waals surface area contributed by atoms with E-state index in [9.17, 15) is 13.2 Å². The molecule has 4 nitrogen and oxygen atoms in total. The first-order valence-corrected chi connectivity index (χ1v) is 5.92. The van der Waals surface area contributed by atoms with Gasteiger partial charge >= 0.3 is 0 Å². The maximum Gasteiger partial charge on any atom is 0.246 e. The monoisotopic (exact) mass is 203 g/mol. The molecule has 1 atom stereocenters. The molecular weight excluding hydrogens is 190 g/mol. The van der Waals surface area contributed by atoms with Gasteiger partial charge in [-0.1, -0.05) is 6.58 Å². The van der Waals surface area contributed by atoms with Crippen LogP contribution in [0.5, 0.6) is 0 Å². The predicted molar refractivity (Wildman–Crippen MR) is 50.0 cm³/mol. The van der Waals surface area contributed by atoms with Crippen molar-refractivity contribution < 1.29 is 13.2 Å². The molecule has 0 saturated carbocycles. The molecule has 0 N–H and O–H groups in total. The molecule has 1 aliphatic rings. The first kappa shape index (κ1) is 10.2. The van der Waals surface area contributed by atoms with E-state index in [1.807, 2.05) is 0 Å². The van der Waals surface area contributed by atoms with Crippen LogP contribution in [0.3, 0.4) is 0 Å². The number of carbonyl (C=O) groups excluding carboxylic acids is 1. The standard InChI is InChI=1S/C8H13NO3S/c1-3-8(10)9-4-5-13(11,12)6-7(9)2/h3,7H,1,4-6H2,2H3. The average molecular weight is 203 g/mol. The Kier molecular flexibility index (Phi) is 2.75. The quantitative estimate of drug-likeness (QED) is 0.555. The topological polar surface area (TPSA) is 54.5 Å². The van der Waals surface area contributed by atoms with Crippen molar-refractivity contribution >= 4 is 15.7 Å². The van der Waals surface area contributed by atoms with Gasteiger partial charge in [0, 0.05) is 12.6 Å². The van der Waals surface area contributed by atoms with Crippen molar-refractivity contribution in [1.29, 1.82) is 0 Å². The Hall–Kier alpha value is -0.840. The maximum absolute atomic E-state index is 11.2. The lowest BCUT2D eigenvalue weighted by atomic mass is 10.3. The Morgan fingerprint density at radius 1 is 1.62 bits per heavy atom. The molecule has 1 saturated heterocycles. The van der Waals surface area contributed by atoms with Crippen molar-refractivity contribution in [3.05, 3.63) is 12.7 Å². The summed E-state index contributed by atoms with van der Waals surface area (Å²) in [6.07, 6.45) is 1.22. The van der Waals surface area contributed by atoms with Gasteiger partial charge in [-0.3, -0.25) is 4.79 Å². The van der Waals surface area contributed by atoms with Crippen LogP contribution in [0.2, 0.25) is 0 Å². The summed E-state index contributed by atoms with van der Waals surface area (Å²) in [5, 5.41) is 0. The molecule has 0 aromatic heterocycles. The molecule has 1 rings (SSSR count). The lowest BCUT2D eigenvalue weighted by Gasteiger charge is -2.32. The number of sulfone groups is 1. The summed E-state index contributed by atoms with van der Waals surface area (Å²) in [7, 11) is -2.93. The highest BCUT2D eigenvalue weighted by Crippen LogP contribution is 2.11. The number of hydrogen-bond donors (Lipinski definition) is 0. The van der Waals surface area contributed by atoms with E-state index in [0.29, 0.717) is 0 Å². The van der Waals surface area contributed by atoms with Gasteiger partial charge in [-0.2, -0.15) is 0 Å². The molecule has 0 aliphatic carbocycles. The first-order valence-electron chi connectivity index (χ1n) is 4.10. The molecule has 0 radical (unpaired) electrons. The van der Waals surface area contributed by atoms with E-state index < -0.39 is 9.84 Å². The van der Waals surface area contributed by atoms with Crippen molar-refractivity contribution in [2.75, 3.05) is 18.1 Å². The van der Waals surface area contributed by atoms with Crippen LogP contribution in [0.15, 0.2) is 12.7 Å². The summed E-state index contributed by atoms with van der Waals surface area (Å²) in [5.41, 5.74) is 0. The van der Waals surface area contributed by atoms with Crippen LogP contribution >= 0.6 is 0 Å². The minimum Gasteiger partial charge on any atom is -0.334 e. The number of nitrogens with zero attached hydrogens (tertiary/aromatic N) is 1. The molecule has 1 aliphatic heterocycles. The fourth-order valence-electron chi connectivity index (χ4n) is 1.44. The second kappa shape index (κ2) is 3.49. The summed E-state index contributed by atoms with van der Waals surface area (Å²) >= 11 is 0. The SMILES string of the molecule is C=CC(=O)N1CCS(=O)(=O)CC1C. The van der Waals surface area contributed by atoms with E-state index in [1.165, 1.54) is 11.0 Å². The van der Waals surface area contributed by atoms with Gasteiger partial charge in [0.05, 0.1) is 11.5 Å². The zero-order valence-electron chi connectivity index (χ0n) is 7.56. The highest BCUT2D eigenvalue weighted by Gasteiger charge is 2.29. The highest BCUT2D eigenvalue weighted by molar-refractivity contribution is 7.91. The number of amides is 1. The Morgan fingerprint density at radius 2 is 2.23 bits per heavy atom. The zero-order chi connectivity index (χ0) is 10.1. The Morgan fingerprint density at radius 3 is 2.69 bits per heavy atom. The van der Waals surface area contributed by atoms with Gasteiger partial charge in [-0.25, -0.2) is 8.42 Å². The molecule has 1 fully saturated rings. The van der Waals surface area contributed by atoms with Crippen LogP contribution in [0.4, 0.5) is 0 Å². The molecule has 74 valence electrons. The van der Waals surface area contributed by atoms with Gasteiger partial charge in [0.15, 0.2) is 9.84 Å². The highest BCUT2D eigenvalue weighted by atomic mass is 32.2. The molecular formula is C8H13NO3S. The van der Waals surface area contributed by atoms with Gasteiger partial charge in [0.2, 0.25) is 5.91 Å². The first-order chi connectivity index (χ1) is 5.96. The van der Waals surface area contributed by atoms with Gasteiger partial charge in [0.25, 0.3) is 0 Å². The summed E-state index contributed by atoms with van der Waals surface area (Å²) in [4.78, 5) is 12.7. The third kappa shape index (κ3) is 2.30. The van der Waals surface area contributed by atoms with Crippen LogP contribution in [0, 0.1) is 0 Å². The van der Waals surface area contributed by atoms with Crippen LogP contribution in [-0.2, 0) is 14.6 Å². The largest absolute Gasteiger partial charge is 0.334 e. The van der Waals surface area contributed by atoms with Crippen molar-refractivity contribution in [1.82, 2.24) is 4.90 Å². The lowest BCUT2D eigenvalue weighted by molar-refractivity contribution is -0.127. The van der Waals surface area contributed by atoms with E-state index in [-0.39, 0.29) is 30.0 Å². The molecule has 13 heavy (non-hydrogen) atoms. The van der Waals surface area contributed by atoms with Crippen molar-refractivity contribution in [3.8, 4) is 0 Å². The predicted octanol–water partition coefficient (Wildman–Crippen LogP) is -0.182. The summed E-state index contributed by atoms with van der Waals surface area (Å²) in [5.74, 6) is -0.0637. The molecule has 1 amide bonds. The molecule has 0 bridgehead atoms. The van der Waals surface area contributed by atoms with E-state index in [0.717, 1.165) is 0 Å². The molecule has 1 unspecified atom stereocenters. The van der Waals surface area contributed by atoms with Crippen LogP contribution in [-0.4, -0.2) is 43.3 Å². The summed E-state index contributed by atoms with van der Waals surface area (Å²) < 4.78 is 22.3.